The largest absolute Gasteiger partial charge is 0.458 e. The minimum absolute atomic E-state index is 0.316. The number of hydrogen-bond acceptors (Lipinski definition) is 4. The van der Waals surface area contributed by atoms with Gasteiger partial charge in [0.1, 0.15) is 17.3 Å². The van der Waals surface area contributed by atoms with Gasteiger partial charge in [-0.1, -0.05) is 18.6 Å². The van der Waals surface area contributed by atoms with Crippen molar-refractivity contribution in [1.82, 2.24) is 14.7 Å². The third kappa shape index (κ3) is 4.98. The number of hydrogen-bond donors (Lipinski definition) is 2. The van der Waals surface area contributed by atoms with E-state index in [0.717, 1.165) is 42.1 Å². The lowest BCUT2D eigenvalue weighted by molar-refractivity contribution is 0.262. The van der Waals surface area contributed by atoms with Gasteiger partial charge in [0.15, 0.2) is 0 Å². The van der Waals surface area contributed by atoms with Crippen LogP contribution in [-0.2, 0) is 0 Å². The van der Waals surface area contributed by atoms with Crippen LogP contribution in [0.15, 0.2) is 78.7 Å². The molecule has 0 saturated heterocycles. The van der Waals surface area contributed by atoms with Crippen molar-refractivity contribution in [2.24, 2.45) is 0 Å². The molecule has 1 saturated carbocycles. The molecule has 174 valence electrons. The molecule has 2 aromatic carbocycles. The highest BCUT2D eigenvalue weighted by atomic mass is 16.5. The molecule has 0 bridgehead atoms. The van der Waals surface area contributed by atoms with Gasteiger partial charge in [-0.25, -0.2) is 9.48 Å². The van der Waals surface area contributed by atoms with E-state index in [2.05, 4.69) is 21.6 Å². The fraction of sp³-hybridized carbons (Fsp3) is 0.259. The number of nitrogens with one attached hydrogen (secondary N) is 2. The number of benzene rings is 2. The Morgan fingerprint density at radius 2 is 1.91 bits per heavy atom. The Balaban J connectivity index is 1.27. The summed E-state index contributed by atoms with van der Waals surface area (Å²) in [5, 5.41) is 10.7. The number of allylic oxidation sites excluding steroid dienone is 1. The normalized spacial score (nSPS) is 15.5. The molecule has 7 nitrogen and oxygen atoms in total. The Bertz CT molecular complexity index is 1240. The summed E-state index contributed by atoms with van der Waals surface area (Å²) in [4.78, 5) is 14.9. The maximum absolute atomic E-state index is 12.8. The lowest BCUT2D eigenvalue weighted by Gasteiger charge is -2.22. The molecule has 1 aromatic heterocycles. The predicted octanol–water partition coefficient (Wildman–Crippen LogP) is 5.81. The maximum Gasteiger partial charge on any atom is 0.324 e. The van der Waals surface area contributed by atoms with Crippen molar-refractivity contribution in [3.05, 3.63) is 90.0 Å². The summed E-state index contributed by atoms with van der Waals surface area (Å²) in [6.07, 6.45) is 9.46. The predicted molar refractivity (Wildman–Crippen MR) is 134 cm³/mol. The number of likely N-dealkylation sites (N-methyl/N-ethyl adjacent to an activating group) is 1. The molecule has 0 spiro atoms. The monoisotopic (exact) mass is 455 g/mol. The number of nitrogens with zero attached hydrogens (tertiary/aromatic N) is 3. The summed E-state index contributed by atoms with van der Waals surface area (Å²) in [5.74, 6) is 2.65. The van der Waals surface area contributed by atoms with Gasteiger partial charge in [0.25, 0.3) is 0 Å². The highest BCUT2D eigenvalue weighted by molar-refractivity contribution is 5.99. The molecular weight excluding hydrogens is 426 g/mol. The van der Waals surface area contributed by atoms with E-state index in [9.17, 15) is 4.79 Å². The summed E-state index contributed by atoms with van der Waals surface area (Å²) in [5.41, 5.74) is 3.78. The Hall–Kier alpha value is -4.00. The number of carbonyl (C=O) groups excluding carboxylic acids is 1. The highest BCUT2D eigenvalue weighted by Gasteiger charge is 2.24. The van der Waals surface area contributed by atoms with Crippen LogP contribution in [0.5, 0.6) is 5.75 Å². The molecule has 2 amide bonds. The second-order valence-electron chi connectivity index (χ2n) is 8.90. The van der Waals surface area contributed by atoms with Crippen molar-refractivity contribution in [3.8, 4) is 11.4 Å². The van der Waals surface area contributed by atoms with Crippen LogP contribution in [0.3, 0.4) is 0 Å². The van der Waals surface area contributed by atoms with Gasteiger partial charge in [0.2, 0.25) is 0 Å². The lowest BCUT2D eigenvalue weighted by atomic mass is 9.83. The fourth-order valence-corrected chi connectivity index (χ4v) is 4.01. The van der Waals surface area contributed by atoms with Crippen LogP contribution in [0.25, 0.3) is 5.69 Å². The minimum Gasteiger partial charge on any atom is -0.458 e. The topological polar surface area (TPSA) is 71.4 Å². The van der Waals surface area contributed by atoms with E-state index in [1.807, 2.05) is 85.5 Å². The van der Waals surface area contributed by atoms with Crippen molar-refractivity contribution < 1.29 is 9.53 Å². The quantitative estimate of drug-likeness (QED) is 0.492. The van der Waals surface area contributed by atoms with Crippen molar-refractivity contribution in [2.75, 3.05) is 24.2 Å². The Labute approximate surface area is 199 Å². The Morgan fingerprint density at radius 1 is 1.09 bits per heavy atom. The Morgan fingerprint density at radius 3 is 2.59 bits per heavy atom. The molecule has 7 heteroatoms. The van der Waals surface area contributed by atoms with Crippen molar-refractivity contribution in [1.29, 1.82) is 0 Å². The molecule has 5 rings (SSSR count). The van der Waals surface area contributed by atoms with E-state index in [4.69, 9.17) is 9.84 Å². The van der Waals surface area contributed by atoms with Gasteiger partial charge in [0, 0.05) is 37.5 Å². The number of aryl methyl sites for hydroxylation is 1. The van der Waals surface area contributed by atoms with E-state index >= 15 is 0 Å². The molecule has 0 unspecified atom stereocenters. The second-order valence-corrected chi connectivity index (χ2v) is 8.90. The summed E-state index contributed by atoms with van der Waals surface area (Å²) < 4.78 is 7.70. The zero-order valence-electron chi connectivity index (χ0n) is 19.5. The number of urea groups is 1. The molecule has 1 fully saturated rings. The fourth-order valence-electron chi connectivity index (χ4n) is 4.01. The summed E-state index contributed by atoms with van der Waals surface area (Å²) in [7, 11) is 2.01. The number of carbonyl (C=O) groups is 1. The first-order valence-corrected chi connectivity index (χ1v) is 11.6. The van der Waals surface area contributed by atoms with Crippen LogP contribution in [0.2, 0.25) is 0 Å². The minimum atomic E-state index is -0.316. The van der Waals surface area contributed by atoms with Crippen LogP contribution < -0.4 is 15.4 Å². The first-order chi connectivity index (χ1) is 16.5. The van der Waals surface area contributed by atoms with Crippen LogP contribution in [0.1, 0.15) is 36.4 Å². The first-order valence-electron chi connectivity index (χ1n) is 11.6. The summed E-state index contributed by atoms with van der Waals surface area (Å²) >= 11 is 0. The maximum atomic E-state index is 12.8. The standard InChI is InChI=1S/C27H29N5O2/c1-19-5-3-8-22(17-19)32-26(18-25(30-32)20-6-4-7-20)29-27(33)28-21-9-11-23(12-10-21)34-24-13-15-31(2)16-14-24/h3,5,8-15,17-18,20H,4,6-7,16H2,1-2H3,(H2,28,29,33). The zero-order chi connectivity index (χ0) is 23.5. The van der Waals surface area contributed by atoms with E-state index in [1.54, 1.807) is 0 Å². The van der Waals surface area contributed by atoms with Gasteiger partial charge in [-0.05, 0) is 73.9 Å². The van der Waals surface area contributed by atoms with Gasteiger partial charge in [-0.15, -0.1) is 0 Å². The van der Waals surface area contributed by atoms with Crippen LogP contribution in [0, 0.1) is 6.92 Å². The van der Waals surface area contributed by atoms with Crippen molar-refractivity contribution >= 4 is 17.5 Å². The average molecular weight is 456 g/mol. The van der Waals surface area contributed by atoms with Gasteiger partial charge in [0.05, 0.1) is 11.4 Å². The van der Waals surface area contributed by atoms with Gasteiger partial charge >= 0.3 is 6.03 Å². The van der Waals surface area contributed by atoms with Crippen LogP contribution >= 0.6 is 0 Å². The first kappa shape index (κ1) is 21.8. The smallest absolute Gasteiger partial charge is 0.324 e. The Kier molecular flexibility index (Phi) is 6.08. The number of aromatic nitrogens is 2. The van der Waals surface area contributed by atoms with E-state index in [0.29, 0.717) is 23.2 Å². The second kappa shape index (κ2) is 9.47. The van der Waals surface area contributed by atoms with Crippen LogP contribution in [-0.4, -0.2) is 34.3 Å². The molecule has 2 N–H and O–H groups in total. The number of rotatable bonds is 6. The number of anilines is 2. The van der Waals surface area contributed by atoms with E-state index in [1.165, 1.54) is 6.42 Å². The number of amides is 2. The lowest BCUT2D eigenvalue weighted by Crippen LogP contribution is -2.21. The molecule has 2 aliphatic rings. The average Bonchev–Trinajstić information content (AvgIpc) is 3.18. The SMILES string of the molecule is Cc1cccc(-n2nc(C3CCC3)cc2NC(=O)Nc2ccc(OC3=CCN(C)C=C3)cc2)c1. The molecule has 0 atom stereocenters. The third-order valence-corrected chi connectivity index (χ3v) is 6.16. The molecule has 2 heterocycles. The zero-order valence-corrected chi connectivity index (χ0v) is 19.5. The molecule has 34 heavy (non-hydrogen) atoms. The third-order valence-electron chi connectivity index (χ3n) is 6.16. The molecule has 1 aliphatic heterocycles. The summed E-state index contributed by atoms with van der Waals surface area (Å²) in [6, 6.07) is 17.1. The van der Waals surface area contributed by atoms with Crippen molar-refractivity contribution in [2.45, 2.75) is 32.1 Å². The van der Waals surface area contributed by atoms with Gasteiger partial charge in [-0.2, -0.15) is 5.10 Å². The van der Waals surface area contributed by atoms with E-state index < -0.39 is 0 Å². The molecule has 0 radical (unpaired) electrons. The van der Waals surface area contributed by atoms with E-state index in [-0.39, 0.29) is 6.03 Å². The molecule has 1 aliphatic carbocycles. The van der Waals surface area contributed by atoms with Crippen molar-refractivity contribution in [3.63, 3.8) is 0 Å². The van der Waals surface area contributed by atoms with Gasteiger partial charge < -0.3 is 15.0 Å². The highest BCUT2D eigenvalue weighted by Crippen LogP contribution is 2.37. The number of ether oxygens (including phenoxy) is 1. The molecule has 3 aromatic rings. The molecular formula is C27H29N5O2. The summed E-state index contributed by atoms with van der Waals surface area (Å²) in [6.45, 7) is 2.86. The van der Waals surface area contributed by atoms with Crippen LogP contribution in [0.4, 0.5) is 16.3 Å². The van der Waals surface area contributed by atoms with Gasteiger partial charge in [-0.3, -0.25) is 5.32 Å².